The van der Waals surface area contributed by atoms with E-state index in [0.717, 1.165) is 42.2 Å². The first-order chi connectivity index (χ1) is 23.4. The Balaban J connectivity index is 1.53. The first-order valence-electron chi connectivity index (χ1n) is 17.2. The number of aryl methyl sites for hydroxylation is 3. The second-order valence-corrected chi connectivity index (χ2v) is 16.2. The molecule has 1 N–H and O–H groups in total. The van der Waals surface area contributed by atoms with Gasteiger partial charge in [0, 0.05) is 24.5 Å². The smallest absolute Gasteiger partial charge is 0.431 e. The van der Waals surface area contributed by atoms with Gasteiger partial charge in [0.1, 0.15) is 11.2 Å². The molecular formula is C35H53N7O7S. The van der Waals surface area contributed by atoms with Crippen molar-refractivity contribution in [1.82, 2.24) is 29.9 Å². The van der Waals surface area contributed by atoms with Crippen LogP contribution in [0.5, 0.6) is 0 Å². The number of hydrogen-bond acceptors (Lipinski definition) is 10. The number of imidazole rings is 1. The van der Waals surface area contributed by atoms with Gasteiger partial charge in [-0.3, -0.25) is 9.48 Å². The van der Waals surface area contributed by atoms with Gasteiger partial charge in [-0.15, -0.1) is 9.40 Å². The number of anilines is 1. The highest BCUT2D eigenvalue weighted by Gasteiger charge is 2.36. The Kier molecular flexibility index (Phi) is 14.1. The van der Waals surface area contributed by atoms with E-state index in [1.54, 1.807) is 46.2 Å². The molecule has 2 aromatic heterocycles. The van der Waals surface area contributed by atoms with E-state index in [1.807, 2.05) is 30.5 Å². The normalized spacial score (nSPS) is 12.1. The van der Waals surface area contributed by atoms with Gasteiger partial charge in [0.2, 0.25) is 16.0 Å². The molecule has 0 unspecified atom stereocenters. The van der Waals surface area contributed by atoms with Crippen molar-refractivity contribution in [3.05, 3.63) is 59.2 Å². The van der Waals surface area contributed by atoms with Crippen LogP contribution in [-0.2, 0) is 45.3 Å². The number of hydrogen-bond donors (Lipinski definition) is 1. The zero-order valence-corrected chi connectivity index (χ0v) is 31.5. The van der Waals surface area contributed by atoms with Gasteiger partial charge >= 0.3 is 12.2 Å². The Bertz CT molecular complexity index is 1680. The number of benzene rings is 1. The summed E-state index contributed by atoms with van der Waals surface area (Å²) in [5, 5.41) is 11.3. The minimum atomic E-state index is -4.23. The van der Waals surface area contributed by atoms with Crippen LogP contribution in [0.25, 0.3) is 0 Å². The Hall–Kier alpha value is -4.27. The van der Waals surface area contributed by atoms with Crippen molar-refractivity contribution in [2.45, 2.75) is 124 Å². The average Bonchev–Trinajstić information content (AvgIpc) is 3.62. The van der Waals surface area contributed by atoms with Crippen molar-refractivity contribution >= 4 is 34.1 Å². The van der Waals surface area contributed by atoms with E-state index in [2.05, 4.69) is 27.5 Å². The number of nitrogens with zero attached hydrogens (tertiary/aromatic N) is 6. The minimum absolute atomic E-state index is 0.123. The van der Waals surface area contributed by atoms with Gasteiger partial charge in [-0.25, -0.2) is 27.6 Å². The summed E-state index contributed by atoms with van der Waals surface area (Å²) in [5.41, 5.74) is 1.24. The standard InChI is InChI=1S/C35H53N7O7S/c1-9-10-12-15-26-18-20-27(21-19-26)30(43)36-22-23-40-24-29(38-39-40)17-14-11-13-16-28-25-41(32(44)48-34(2,3)4)31(37-28)42(50(8,46)47)33(45)49-35(5,6)7/h18-21,24-25H,9-17,22-23H2,1-8H3,(H,36,43). The zero-order valence-electron chi connectivity index (χ0n) is 30.7. The summed E-state index contributed by atoms with van der Waals surface area (Å²) in [6.07, 6.45) is 9.97. The topological polar surface area (TPSA) is 168 Å². The second-order valence-electron chi connectivity index (χ2n) is 14.3. The van der Waals surface area contributed by atoms with E-state index in [4.69, 9.17) is 9.47 Å². The lowest BCUT2D eigenvalue weighted by Crippen LogP contribution is -2.42. The van der Waals surface area contributed by atoms with Crippen LogP contribution in [0.2, 0.25) is 0 Å². The highest BCUT2D eigenvalue weighted by atomic mass is 32.2. The minimum Gasteiger partial charge on any atom is -0.443 e. The van der Waals surface area contributed by atoms with Crippen molar-refractivity contribution in [3.8, 4) is 0 Å². The monoisotopic (exact) mass is 715 g/mol. The van der Waals surface area contributed by atoms with Crippen LogP contribution in [0.4, 0.5) is 15.5 Å². The molecule has 3 rings (SSSR count). The summed E-state index contributed by atoms with van der Waals surface area (Å²) in [6.45, 7) is 12.9. The summed E-state index contributed by atoms with van der Waals surface area (Å²) in [5.74, 6) is -0.545. The first-order valence-corrected chi connectivity index (χ1v) is 19.0. The van der Waals surface area contributed by atoms with E-state index < -0.39 is 39.4 Å². The molecule has 14 nitrogen and oxygen atoms in total. The molecule has 0 saturated heterocycles. The summed E-state index contributed by atoms with van der Waals surface area (Å²) in [7, 11) is -4.23. The van der Waals surface area contributed by atoms with Crippen molar-refractivity contribution in [2.24, 2.45) is 0 Å². The molecule has 0 saturated carbocycles. The Labute approximate surface area is 296 Å². The molecule has 0 aliphatic carbocycles. The van der Waals surface area contributed by atoms with Gasteiger partial charge in [0.05, 0.1) is 24.2 Å². The van der Waals surface area contributed by atoms with Gasteiger partial charge < -0.3 is 14.8 Å². The van der Waals surface area contributed by atoms with Crippen LogP contribution in [0.3, 0.4) is 0 Å². The Morgan fingerprint density at radius 2 is 1.46 bits per heavy atom. The van der Waals surface area contributed by atoms with Crippen LogP contribution in [0.15, 0.2) is 36.7 Å². The third kappa shape index (κ3) is 13.2. The molecule has 1 aromatic carbocycles. The van der Waals surface area contributed by atoms with Crippen LogP contribution in [-0.4, -0.2) is 75.1 Å². The summed E-state index contributed by atoms with van der Waals surface area (Å²) in [6, 6.07) is 7.76. The average molecular weight is 716 g/mol. The summed E-state index contributed by atoms with van der Waals surface area (Å²) >= 11 is 0. The summed E-state index contributed by atoms with van der Waals surface area (Å²) < 4.78 is 39.3. The predicted octanol–water partition coefficient (Wildman–Crippen LogP) is 6.08. The second kappa shape index (κ2) is 17.6. The fourth-order valence-corrected chi connectivity index (χ4v) is 5.67. The summed E-state index contributed by atoms with van der Waals surface area (Å²) in [4.78, 5) is 43.0. The number of sulfonamides is 1. The van der Waals surface area contributed by atoms with Crippen LogP contribution in [0.1, 0.15) is 114 Å². The molecule has 0 spiro atoms. The number of amides is 2. The van der Waals surface area contributed by atoms with Gasteiger partial charge in [0.15, 0.2) is 0 Å². The quantitative estimate of drug-likeness (QED) is 0.172. The van der Waals surface area contributed by atoms with Crippen molar-refractivity contribution in [3.63, 3.8) is 0 Å². The number of nitrogens with one attached hydrogen (secondary N) is 1. The SMILES string of the molecule is CCCCCc1ccc(C(=O)NCCn2cc(CCCCCc3cn(C(=O)OC(C)(C)C)c(N(C(=O)OC(C)(C)C)S(C)(=O)=O)n3)nn2)cc1. The molecule has 50 heavy (non-hydrogen) atoms. The van der Waals surface area contributed by atoms with E-state index in [1.165, 1.54) is 24.6 Å². The number of aromatic nitrogens is 5. The lowest BCUT2D eigenvalue weighted by molar-refractivity contribution is 0.0536. The molecular weight excluding hydrogens is 662 g/mol. The Morgan fingerprint density at radius 1 is 0.840 bits per heavy atom. The van der Waals surface area contributed by atoms with Crippen LogP contribution in [0, 0.1) is 0 Å². The molecule has 0 radical (unpaired) electrons. The van der Waals surface area contributed by atoms with Gasteiger partial charge in [0.25, 0.3) is 5.91 Å². The van der Waals surface area contributed by atoms with E-state index in [-0.39, 0.29) is 5.91 Å². The van der Waals surface area contributed by atoms with Crippen LogP contribution < -0.4 is 9.62 Å². The molecule has 0 aliphatic heterocycles. The molecule has 2 amide bonds. The third-order valence-corrected chi connectivity index (χ3v) is 8.24. The first kappa shape index (κ1) is 40.2. The number of rotatable bonds is 16. The van der Waals surface area contributed by atoms with Gasteiger partial charge in [-0.05, 0) is 97.8 Å². The van der Waals surface area contributed by atoms with E-state index >= 15 is 0 Å². The molecule has 2 heterocycles. The number of ether oxygens (including phenoxy) is 2. The maximum atomic E-state index is 13.1. The maximum absolute atomic E-state index is 13.1. The van der Waals surface area contributed by atoms with Gasteiger partial charge in [-0.2, -0.15) is 0 Å². The molecule has 15 heteroatoms. The predicted molar refractivity (Wildman–Crippen MR) is 191 cm³/mol. The van der Waals surface area contributed by atoms with E-state index in [9.17, 15) is 22.8 Å². The van der Waals surface area contributed by atoms with Crippen molar-refractivity contribution in [2.75, 3.05) is 17.1 Å². The van der Waals surface area contributed by atoms with Crippen LogP contribution >= 0.6 is 0 Å². The van der Waals surface area contributed by atoms with E-state index in [0.29, 0.717) is 47.9 Å². The van der Waals surface area contributed by atoms with Gasteiger partial charge in [-0.1, -0.05) is 43.5 Å². The maximum Gasteiger partial charge on any atom is 0.431 e. The molecule has 276 valence electrons. The Morgan fingerprint density at radius 3 is 2.06 bits per heavy atom. The fourth-order valence-electron chi connectivity index (χ4n) is 4.94. The number of carbonyl (C=O) groups excluding carboxylic acids is 3. The molecule has 3 aromatic rings. The van der Waals surface area contributed by atoms with Crippen molar-refractivity contribution in [1.29, 1.82) is 0 Å². The number of unbranched alkanes of at least 4 members (excludes halogenated alkanes) is 4. The third-order valence-electron chi connectivity index (χ3n) is 7.26. The molecule has 0 bridgehead atoms. The van der Waals surface area contributed by atoms with Crippen molar-refractivity contribution < 1.29 is 32.3 Å². The lowest BCUT2D eigenvalue weighted by atomic mass is 10.1. The largest absolute Gasteiger partial charge is 0.443 e. The lowest BCUT2D eigenvalue weighted by Gasteiger charge is -2.26. The highest BCUT2D eigenvalue weighted by Crippen LogP contribution is 2.24. The molecule has 0 atom stereocenters. The zero-order chi connectivity index (χ0) is 37.1. The molecule has 0 fully saturated rings. The number of carbonyl (C=O) groups is 3. The molecule has 0 aliphatic rings. The fraction of sp³-hybridized carbons (Fsp3) is 0.600. The highest BCUT2D eigenvalue weighted by molar-refractivity contribution is 7.92.